The van der Waals surface area contributed by atoms with Crippen LogP contribution >= 0.6 is 0 Å². The summed E-state index contributed by atoms with van der Waals surface area (Å²) in [5.41, 5.74) is 6.48. The fourth-order valence-electron chi connectivity index (χ4n) is 2.32. The Morgan fingerprint density at radius 2 is 1.28 bits per heavy atom. The Bertz CT molecular complexity index is 809. The SMILES string of the molecule is COc1cccc(/C=N\NC(=O)CCCC(=O)N/N=C\c2cccc(OC)c2)c1. The van der Waals surface area contributed by atoms with E-state index >= 15 is 0 Å². The van der Waals surface area contributed by atoms with Crippen LogP contribution in [-0.2, 0) is 9.59 Å². The topological polar surface area (TPSA) is 101 Å². The van der Waals surface area contributed by atoms with Crippen LogP contribution in [0.5, 0.6) is 11.5 Å². The van der Waals surface area contributed by atoms with Crippen molar-refractivity contribution >= 4 is 24.2 Å². The van der Waals surface area contributed by atoms with Gasteiger partial charge in [0.15, 0.2) is 0 Å². The summed E-state index contributed by atoms with van der Waals surface area (Å²) in [5, 5.41) is 7.80. The Kier molecular flexibility index (Phi) is 8.88. The molecule has 0 bridgehead atoms. The van der Waals surface area contributed by atoms with Crippen LogP contribution in [0.3, 0.4) is 0 Å². The molecular weight excluding hydrogens is 372 g/mol. The summed E-state index contributed by atoms with van der Waals surface area (Å²) >= 11 is 0. The lowest BCUT2D eigenvalue weighted by atomic mass is 10.2. The van der Waals surface area contributed by atoms with Gasteiger partial charge in [-0.1, -0.05) is 24.3 Å². The predicted octanol–water partition coefficient (Wildman–Crippen LogP) is 2.47. The van der Waals surface area contributed by atoms with E-state index in [0.717, 1.165) is 11.1 Å². The van der Waals surface area contributed by atoms with Crippen LogP contribution in [0.4, 0.5) is 0 Å². The van der Waals surface area contributed by atoms with Crippen molar-refractivity contribution in [3.63, 3.8) is 0 Å². The summed E-state index contributed by atoms with van der Waals surface area (Å²) in [4.78, 5) is 23.5. The largest absolute Gasteiger partial charge is 0.497 e. The summed E-state index contributed by atoms with van der Waals surface area (Å²) in [7, 11) is 3.16. The summed E-state index contributed by atoms with van der Waals surface area (Å²) < 4.78 is 10.2. The maximum Gasteiger partial charge on any atom is 0.240 e. The third-order valence-corrected chi connectivity index (χ3v) is 3.80. The number of carbonyl (C=O) groups excluding carboxylic acids is 2. The molecule has 0 radical (unpaired) electrons. The van der Waals surface area contributed by atoms with Crippen LogP contribution in [0.15, 0.2) is 58.7 Å². The van der Waals surface area contributed by atoms with Crippen LogP contribution < -0.4 is 20.3 Å². The van der Waals surface area contributed by atoms with Gasteiger partial charge in [-0.2, -0.15) is 10.2 Å². The number of benzene rings is 2. The lowest BCUT2D eigenvalue weighted by Crippen LogP contribution is -2.20. The van der Waals surface area contributed by atoms with E-state index in [2.05, 4.69) is 21.1 Å². The van der Waals surface area contributed by atoms with E-state index in [0.29, 0.717) is 17.9 Å². The summed E-state index contributed by atoms with van der Waals surface area (Å²) in [6, 6.07) is 14.6. The second-order valence-electron chi connectivity index (χ2n) is 5.99. The van der Waals surface area contributed by atoms with Gasteiger partial charge in [0.05, 0.1) is 26.6 Å². The molecule has 0 heterocycles. The number of amides is 2. The van der Waals surface area contributed by atoms with Gasteiger partial charge in [0.25, 0.3) is 0 Å². The van der Waals surface area contributed by atoms with Crippen molar-refractivity contribution in [1.82, 2.24) is 10.9 Å². The smallest absolute Gasteiger partial charge is 0.240 e. The van der Waals surface area contributed by atoms with Crippen molar-refractivity contribution < 1.29 is 19.1 Å². The number of nitrogens with zero attached hydrogens (tertiary/aromatic N) is 2. The van der Waals surface area contributed by atoms with Crippen LogP contribution in [0, 0.1) is 0 Å². The molecule has 2 amide bonds. The highest BCUT2D eigenvalue weighted by Crippen LogP contribution is 2.11. The number of methoxy groups -OCH3 is 2. The van der Waals surface area contributed by atoms with Gasteiger partial charge in [-0.05, 0) is 41.8 Å². The first-order valence-electron chi connectivity index (χ1n) is 9.02. The molecule has 0 aliphatic carbocycles. The molecule has 8 heteroatoms. The van der Waals surface area contributed by atoms with E-state index in [1.807, 2.05) is 36.4 Å². The zero-order chi connectivity index (χ0) is 20.9. The first-order chi connectivity index (χ1) is 14.1. The first-order valence-corrected chi connectivity index (χ1v) is 9.02. The number of hydrazone groups is 2. The molecule has 0 fully saturated rings. The molecule has 152 valence electrons. The Hall–Kier alpha value is -3.68. The molecule has 2 aromatic rings. The Morgan fingerprint density at radius 1 is 0.828 bits per heavy atom. The molecule has 2 aromatic carbocycles. The highest BCUT2D eigenvalue weighted by atomic mass is 16.5. The lowest BCUT2D eigenvalue weighted by Gasteiger charge is -2.02. The van der Waals surface area contributed by atoms with Crippen LogP contribution in [-0.4, -0.2) is 38.5 Å². The molecule has 0 aliphatic rings. The van der Waals surface area contributed by atoms with E-state index in [1.165, 1.54) is 12.4 Å². The second kappa shape index (κ2) is 11.9. The number of carbonyl (C=O) groups is 2. The van der Waals surface area contributed by atoms with Gasteiger partial charge in [-0.15, -0.1) is 0 Å². The number of nitrogens with one attached hydrogen (secondary N) is 2. The van der Waals surface area contributed by atoms with Crippen LogP contribution in [0.25, 0.3) is 0 Å². The molecule has 2 rings (SSSR count). The summed E-state index contributed by atoms with van der Waals surface area (Å²) in [6.07, 6.45) is 3.81. The van der Waals surface area contributed by atoms with E-state index in [1.54, 1.807) is 26.4 Å². The fraction of sp³-hybridized carbons (Fsp3) is 0.238. The third kappa shape index (κ3) is 8.25. The lowest BCUT2D eigenvalue weighted by molar-refractivity contribution is -0.122. The maximum absolute atomic E-state index is 11.8. The van der Waals surface area contributed by atoms with E-state index in [4.69, 9.17) is 9.47 Å². The highest BCUT2D eigenvalue weighted by Gasteiger charge is 2.04. The Morgan fingerprint density at radius 3 is 1.69 bits per heavy atom. The van der Waals surface area contributed by atoms with Gasteiger partial charge < -0.3 is 9.47 Å². The van der Waals surface area contributed by atoms with E-state index in [-0.39, 0.29) is 24.7 Å². The Balaban J connectivity index is 1.65. The molecule has 0 atom stereocenters. The average Bonchev–Trinajstić information content (AvgIpc) is 2.74. The monoisotopic (exact) mass is 396 g/mol. The quantitative estimate of drug-likeness (QED) is 0.476. The minimum Gasteiger partial charge on any atom is -0.497 e. The van der Waals surface area contributed by atoms with Crippen molar-refractivity contribution in [3.8, 4) is 11.5 Å². The van der Waals surface area contributed by atoms with Gasteiger partial charge in [-0.3, -0.25) is 9.59 Å². The minimum atomic E-state index is -0.267. The third-order valence-electron chi connectivity index (χ3n) is 3.80. The predicted molar refractivity (Wildman–Crippen MR) is 111 cm³/mol. The van der Waals surface area contributed by atoms with E-state index in [9.17, 15) is 9.59 Å². The molecule has 0 aliphatic heterocycles. The van der Waals surface area contributed by atoms with Crippen molar-refractivity contribution in [3.05, 3.63) is 59.7 Å². The second-order valence-corrected chi connectivity index (χ2v) is 5.99. The summed E-state index contributed by atoms with van der Waals surface area (Å²) in [6.45, 7) is 0. The zero-order valence-corrected chi connectivity index (χ0v) is 16.4. The van der Waals surface area contributed by atoms with Crippen molar-refractivity contribution in [2.45, 2.75) is 19.3 Å². The van der Waals surface area contributed by atoms with Gasteiger partial charge in [0.2, 0.25) is 11.8 Å². The van der Waals surface area contributed by atoms with Crippen LogP contribution in [0.1, 0.15) is 30.4 Å². The zero-order valence-electron chi connectivity index (χ0n) is 16.4. The molecule has 0 saturated heterocycles. The number of ether oxygens (including phenoxy) is 2. The van der Waals surface area contributed by atoms with Gasteiger partial charge in [0, 0.05) is 12.8 Å². The van der Waals surface area contributed by atoms with Crippen molar-refractivity contribution in [1.29, 1.82) is 0 Å². The first kappa shape index (κ1) is 21.6. The normalized spacial score (nSPS) is 10.8. The molecule has 29 heavy (non-hydrogen) atoms. The van der Waals surface area contributed by atoms with Gasteiger partial charge in [0.1, 0.15) is 11.5 Å². The molecule has 0 aromatic heterocycles. The standard InChI is InChI=1S/C21H24N4O4/c1-28-18-8-3-6-16(12-18)14-22-24-20(26)10-5-11-21(27)25-23-15-17-7-4-9-19(13-17)29-2/h3-4,6-9,12-15H,5,10-11H2,1-2H3,(H,24,26)(H,25,27)/b22-14-,23-15-. The minimum absolute atomic E-state index is 0.183. The molecular formula is C21H24N4O4. The molecule has 8 nitrogen and oxygen atoms in total. The van der Waals surface area contributed by atoms with Gasteiger partial charge >= 0.3 is 0 Å². The average molecular weight is 396 g/mol. The van der Waals surface area contributed by atoms with Gasteiger partial charge in [-0.25, -0.2) is 10.9 Å². The van der Waals surface area contributed by atoms with E-state index < -0.39 is 0 Å². The van der Waals surface area contributed by atoms with Crippen molar-refractivity contribution in [2.24, 2.45) is 10.2 Å². The molecule has 2 N–H and O–H groups in total. The molecule has 0 saturated carbocycles. The molecule has 0 spiro atoms. The highest BCUT2D eigenvalue weighted by molar-refractivity contribution is 5.84. The number of rotatable bonds is 10. The maximum atomic E-state index is 11.8. The molecule has 0 unspecified atom stereocenters. The fourth-order valence-corrected chi connectivity index (χ4v) is 2.32. The number of hydrogen-bond donors (Lipinski definition) is 2. The summed E-state index contributed by atoms with van der Waals surface area (Å²) in [5.74, 6) is 0.884. The van der Waals surface area contributed by atoms with Crippen molar-refractivity contribution in [2.75, 3.05) is 14.2 Å². The number of hydrogen-bond acceptors (Lipinski definition) is 6. The van der Waals surface area contributed by atoms with Crippen LogP contribution in [0.2, 0.25) is 0 Å². The Labute approximate surface area is 169 Å².